The molecule has 0 bridgehead atoms. The SMILES string of the molecule is CCC(C)(O)CN1CC(O)C(O)C1. The lowest BCUT2D eigenvalue weighted by molar-refractivity contribution is 0.0194. The Kier molecular flexibility index (Phi) is 3.29. The van der Waals surface area contributed by atoms with Crippen LogP contribution in [0.3, 0.4) is 0 Å². The molecule has 0 amide bonds. The topological polar surface area (TPSA) is 63.9 Å². The lowest BCUT2D eigenvalue weighted by Gasteiger charge is -2.27. The lowest BCUT2D eigenvalue weighted by Crippen LogP contribution is -2.39. The third kappa shape index (κ3) is 2.91. The maximum atomic E-state index is 9.75. The van der Waals surface area contributed by atoms with Crippen molar-refractivity contribution in [2.45, 2.75) is 38.1 Å². The number of likely N-dealkylation sites (tertiary alicyclic amines) is 1. The third-order valence-electron chi connectivity index (χ3n) is 2.66. The summed E-state index contributed by atoms with van der Waals surface area (Å²) in [6, 6.07) is 0. The summed E-state index contributed by atoms with van der Waals surface area (Å²) in [5.41, 5.74) is -0.718. The zero-order chi connectivity index (χ0) is 10.1. The van der Waals surface area contributed by atoms with Crippen LogP contribution in [-0.4, -0.2) is 57.7 Å². The molecule has 4 nitrogen and oxygen atoms in total. The highest BCUT2D eigenvalue weighted by molar-refractivity contribution is 4.87. The van der Waals surface area contributed by atoms with Gasteiger partial charge in [-0.3, -0.25) is 4.90 Å². The van der Waals surface area contributed by atoms with Crippen molar-refractivity contribution in [1.29, 1.82) is 0 Å². The highest BCUT2D eigenvalue weighted by Gasteiger charge is 2.32. The van der Waals surface area contributed by atoms with E-state index in [1.54, 1.807) is 6.92 Å². The van der Waals surface area contributed by atoms with Crippen molar-refractivity contribution in [3.05, 3.63) is 0 Å². The molecule has 3 atom stereocenters. The van der Waals surface area contributed by atoms with Gasteiger partial charge in [0.05, 0.1) is 17.8 Å². The average Bonchev–Trinajstić information content (AvgIpc) is 2.30. The molecule has 1 aliphatic heterocycles. The van der Waals surface area contributed by atoms with Gasteiger partial charge in [-0.05, 0) is 13.3 Å². The number of nitrogens with zero attached hydrogens (tertiary/aromatic N) is 1. The van der Waals surface area contributed by atoms with Gasteiger partial charge < -0.3 is 15.3 Å². The standard InChI is InChI=1S/C9H19NO3/c1-3-9(2,13)6-10-4-7(11)8(12)5-10/h7-8,11-13H,3-6H2,1-2H3. The molecule has 13 heavy (non-hydrogen) atoms. The normalized spacial score (nSPS) is 34.8. The highest BCUT2D eigenvalue weighted by Crippen LogP contribution is 2.16. The molecule has 4 heteroatoms. The number of aliphatic hydroxyl groups is 3. The van der Waals surface area contributed by atoms with Gasteiger partial charge in [0, 0.05) is 19.6 Å². The second kappa shape index (κ2) is 3.92. The minimum Gasteiger partial charge on any atom is -0.389 e. The molecule has 0 aromatic carbocycles. The Bertz CT molecular complexity index is 162. The molecule has 1 fully saturated rings. The first-order valence-corrected chi connectivity index (χ1v) is 4.75. The van der Waals surface area contributed by atoms with Gasteiger partial charge in [-0.25, -0.2) is 0 Å². The van der Waals surface area contributed by atoms with Crippen LogP contribution >= 0.6 is 0 Å². The van der Waals surface area contributed by atoms with E-state index < -0.39 is 17.8 Å². The zero-order valence-corrected chi connectivity index (χ0v) is 8.27. The van der Waals surface area contributed by atoms with E-state index in [2.05, 4.69) is 0 Å². The van der Waals surface area contributed by atoms with E-state index in [9.17, 15) is 15.3 Å². The third-order valence-corrected chi connectivity index (χ3v) is 2.66. The smallest absolute Gasteiger partial charge is 0.0938 e. The summed E-state index contributed by atoms with van der Waals surface area (Å²) < 4.78 is 0. The summed E-state index contributed by atoms with van der Waals surface area (Å²) in [7, 11) is 0. The second-order valence-electron chi connectivity index (χ2n) is 4.18. The first-order chi connectivity index (χ1) is 5.94. The van der Waals surface area contributed by atoms with E-state index in [1.165, 1.54) is 0 Å². The van der Waals surface area contributed by atoms with Gasteiger partial charge in [0.25, 0.3) is 0 Å². The van der Waals surface area contributed by atoms with Gasteiger partial charge >= 0.3 is 0 Å². The molecule has 0 radical (unpaired) electrons. The van der Waals surface area contributed by atoms with Crippen molar-refractivity contribution in [1.82, 2.24) is 4.90 Å². The van der Waals surface area contributed by atoms with E-state index in [4.69, 9.17) is 0 Å². The van der Waals surface area contributed by atoms with Gasteiger partial charge in [0.15, 0.2) is 0 Å². The first kappa shape index (κ1) is 10.9. The molecule has 0 aromatic heterocycles. The molecule has 1 aliphatic rings. The summed E-state index contributed by atoms with van der Waals surface area (Å²) >= 11 is 0. The van der Waals surface area contributed by atoms with Crippen LogP contribution in [0.1, 0.15) is 20.3 Å². The highest BCUT2D eigenvalue weighted by atomic mass is 16.3. The predicted octanol–water partition coefficient (Wildman–Crippen LogP) is -0.815. The molecule has 3 N–H and O–H groups in total. The van der Waals surface area contributed by atoms with Crippen LogP contribution < -0.4 is 0 Å². The molecule has 1 rings (SSSR count). The minimum atomic E-state index is -0.718. The van der Waals surface area contributed by atoms with E-state index in [0.717, 1.165) is 0 Å². The average molecular weight is 189 g/mol. The van der Waals surface area contributed by atoms with Gasteiger partial charge in [0.2, 0.25) is 0 Å². The molecular weight excluding hydrogens is 170 g/mol. The Morgan fingerprint density at radius 2 is 1.77 bits per heavy atom. The number of hydrogen-bond donors (Lipinski definition) is 3. The molecule has 0 aromatic rings. The van der Waals surface area contributed by atoms with Crippen LogP contribution in [0.2, 0.25) is 0 Å². The Hall–Kier alpha value is -0.160. The minimum absolute atomic E-state index is 0.456. The Labute approximate surface area is 78.8 Å². The molecular formula is C9H19NO3. The maximum Gasteiger partial charge on any atom is 0.0938 e. The summed E-state index contributed by atoms with van der Waals surface area (Å²) in [5, 5.41) is 28.3. The molecule has 78 valence electrons. The van der Waals surface area contributed by atoms with Gasteiger partial charge in [-0.15, -0.1) is 0 Å². The molecule has 3 unspecified atom stereocenters. The predicted molar refractivity (Wildman–Crippen MR) is 49.4 cm³/mol. The van der Waals surface area contributed by atoms with Gasteiger partial charge in [0.1, 0.15) is 0 Å². The number of β-amino-alcohol motifs (C(OH)–C–C–N with tert-alkyl or cyclic N) is 3. The summed E-state index contributed by atoms with van der Waals surface area (Å²) in [5.74, 6) is 0. The number of aliphatic hydroxyl groups excluding tert-OH is 2. The first-order valence-electron chi connectivity index (χ1n) is 4.75. The van der Waals surface area contributed by atoms with Crippen molar-refractivity contribution in [2.24, 2.45) is 0 Å². The summed E-state index contributed by atoms with van der Waals surface area (Å²) in [6.45, 7) is 5.11. The Balaban J connectivity index is 2.40. The van der Waals surface area contributed by atoms with Crippen molar-refractivity contribution in [3.63, 3.8) is 0 Å². The Morgan fingerprint density at radius 3 is 2.15 bits per heavy atom. The van der Waals surface area contributed by atoms with E-state index in [0.29, 0.717) is 26.1 Å². The monoisotopic (exact) mass is 189 g/mol. The van der Waals surface area contributed by atoms with Crippen LogP contribution in [0, 0.1) is 0 Å². The van der Waals surface area contributed by atoms with E-state index in [-0.39, 0.29) is 0 Å². The van der Waals surface area contributed by atoms with Crippen molar-refractivity contribution < 1.29 is 15.3 Å². The van der Waals surface area contributed by atoms with E-state index in [1.807, 2.05) is 11.8 Å². The van der Waals surface area contributed by atoms with Crippen LogP contribution in [-0.2, 0) is 0 Å². The van der Waals surface area contributed by atoms with E-state index >= 15 is 0 Å². The quantitative estimate of drug-likeness (QED) is 0.543. The van der Waals surface area contributed by atoms with Crippen molar-refractivity contribution in [2.75, 3.05) is 19.6 Å². The maximum absolute atomic E-state index is 9.75. The fourth-order valence-electron chi connectivity index (χ4n) is 1.57. The lowest BCUT2D eigenvalue weighted by atomic mass is 10.0. The van der Waals surface area contributed by atoms with Crippen LogP contribution in [0.25, 0.3) is 0 Å². The van der Waals surface area contributed by atoms with Crippen LogP contribution in [0.5, 0.6) is 0 Å². The second-order valence-corrected chi connectivity index (χ2v) is 4.18. The molecule has 0 saturated carbocycles. The number of hydrogen-bond acceptors (Lipinski definition) is 4. The summed E-state index contributed by atoms with van der Waals surface area (Å²) in [6.07, 6.45) is -0.643. The van der Waals surface area contributed by atoms with Crippen LogP contribution in [0.4, 0.5) is 0 Å². The molecule has 1 saturated heterocycles. The van der Waals surface area contributed by atoms with Crippen molar-refractivity contribution >= 4 is 0 Å². The van der Waals surface area contributed by atoms with Crippen molar-refractivity contribution in [3.8, 4) is 0 Å². The molecule has 1 heterocycles. The fourth-order valence-corrected chi connectivity index (χ4v) is 1.57. The molecule has 0 aliphatic carbocycles. The number of rotatable bonds is 3. The zero-order valence-electron chi connectivity index (χ0n) is 8.27. The fraction of sp³-hybridized carbons (Fsp3) is 1.00. The summed E-state index contributed by atoms with van der Waals surface area (Å²) in [4.78, 5) is 1.89. The van der Waals surface area contributed by atoms with Crippen LogP contribution in [0.15, 0.2) is 0 Å². The van der Waals surface area contributed by atoms with Gasteiger partial charge in [-0.2, -0.15) is 0 Å². The Morgan fingerprint density at radius 1 is 1.31 bits per heavy atom. The largest absolute Gasteiger partial charge is 0.389 e. The van der Waals surface area contributed by atoms with Gasteiger partial charge in [-0.1, -0.05) is 6.92 Å². The molecule has 0 spiro atoms.